The molecule has 0 unspecified atom stereocenters. The van der Waals surface area contributed by atoms with Crippen molar-refractivity contribution in [2.24, 2.45) is 0 Å². The van der Waals surface area contributed by atoms with Crippen LogP contribution in [0.4, 0.5) is 11.4 Å². The molecule has 0 atom stereocenters. The van der Waals surface area contributed by atoms with Crippen LogP contribution in [0, 0.1) is 20.2 Å². The molecule has 0 aliphatic carbocycles. The molecule has 0 aliphatic rings. The number of nitro benzene ring substituents is 2. The summed E-state index contributed by atoms with van der Waals surface area (Å²) in [7, 11) is 1.07. The van der Waals surface area contributed by atoms with Gasteiger partial charge in [0.25, 0.3) is 11.4 Å². The van der Waals surface area contributed by atoms with E-state index in [0.717, 1.165) is 31.0 Å². The molecule has 2 aromatic heterocycles. The van der Waals surface area contributed by atoms with E-state index in [9.17, 15) is 25.0 Å². The van der Waals surface area contributed by atoms with Crippen LogP contribution in [0.2, 0.25) is 0 Å². The first kappa shape index (κ1) is 17.2. The highest BCUT2D eigenvalue weighted by atomic mass is 32.2. The molecule has 0 spiro atoms. The van der Waals surface area contributed by atoms with Crippen LogP contribution in [0.5, 0.6) is 0 Å². The quantitative estimate of drug-likeness (QED) is 0.301. The summed E-state index contributed by atoms with van der Waals surface area (Å²) in [5.41, 5.74) is -0.802. The number of nitro groups is 2. The van der Waals surface area contributed by atoms with Crippen LogP contribution >= 0.6 is 11.8 Å². The van der Waals surface area contributed by atoms with Crippen LogP contribution in [-0.4, -0.2) is 42.9 Å². The molecule has 132 valence electrons. The number of non-ortho nitro benzene ring substituents is 1. The predicted molar refractivity (Wildman–Crippen MR) is 86.9 cm³/mol. The molecule has 0 radical (unpaired) electrons. The van der Waals surface area contributed by atoms with Crippen LogP contribution in [0.1, 0.15) is 10.4 Å². The van der Waals surface area contributed by atoms with E-state index in [4.69, 9.17) is 0 Å². The van der Waals surface area contributed by atoms with Crippen LogP contribution < -0.4 is 0 Å². The van der Waals surface area contributed by atoms with E-state index in [1.807, 2.05) is 0 Å². The average Bonchev–Trinajstić information content (AvgIpc) is 3.10. The van der Waals surface area contributed by atoms with Gasteiger partial charge in [-0.15, -0.1) is 0 Å². The minimum Gasteiger partial charge on any atom is -0.465 e. The second-order valence-electron chi connectivity index (χ2n) is 4.73. The number of aromatic nitrogens is 4. The largest absolute Gasteiger partial charge is 0.465 e. The van der Waals surface area contributed by atoms with Gasteiger partial charge in [-0.2, -0.15) is 0 Å². The monoisotopic (exact) mass is 376 g/mol. The van der Waals surface area contributed by atoms with Crippen LogP contribution in [0.3, 0.4) is 0 Å². The molecule has 0 saturated heterocycles. The number of nitrogens with one attached hydrogen (secondary N) is 1. The minimum atomic E-state index is -0.950. The molecule has 0 aliphatic heterocycles. The summed E-state index contributed by atoms with van der Waals surface area (Å²) in [5, 5.41) is 22.7. The molecule has 2 heterocycles. The Bertz CT molecular complexity index is 1050. The van der Waals surface area contributed by atoms with Crippen LogP contribution in [0.25, 0.3) is 11.2 Å². The molecule has 0 amide bonds. The van der Waals surface area contributed by atoms with Gasteiger partial charge < -0.3 is 9.72 Å². The maximum absolute atomic E-state index is 12.1. The molecule has 3 rings (SSSR count). The van der Waals surface area contributed by atoms with Gasteiger partial charge in [0.05, 0.1) is 34.9 Å². The number of imidazole rings is 1. The van der Waals surface area contributed by atoms with E-state index in [-0.39, 0.29) is 15.5 Å². The van der Waals surface area contributed by atoms with Crippen molar-refractivity contribution in [1.82, 2.24) is 19.9 Å². The van der Waals surface area contributed by atoms with Gasteiger partial charge in [0.1, 0.15) is 21.8 Å². The van der Waals surface area contributed by atoms with Gasteiger partial charge in [-0.3, -0.25) is 20.2 Å². The average molecular weight is 376 g/mol. The summed E-state index contributed by atoms with van der Waals surface area (Å²) in [6, 6.07) is 1.70. The first-order valence-electron chi connectivity index (χ1n) is 6.79. The Labute approximate surface area is 147 Å². The molecular formula is C13H8N6O6S. The zero-order valence-corrected chi connectivity index (χ0v) is 13.7. The Morgan fingerprint density at radius 3 is 2.62 bits per heavy atom. The number of hydrogen-bond acceptors (Lipinski definition) is 10. The van der Waals surface area contributed by atoms with Crippen molar-refractivity contribution < 1.29 is 19.4 Å². The van der Waals surface area contributed by atoms with Crippen LogP contribution in [0.15, 0.2) is 34.7 Å². The Hall–Kier alpha value is -3.61. The molecule has 12 nitrogen and oxygen atoms in total. The smallest absolute Gasteiger partial charge is 0.339 e. The highest BCUT2D eigenvalue weighted by molar-refractivity contribution is 7.99. The number of methoxy groups -OCH3 is 1. The molecule has 0 bridgehead atoms. The summed E-state index contributed by atoms with van der Waals surface area (Å²) in [5.74, 6) is -0.950. The summed E-state index contributed by atoms with van der Waals surface area (Å²) < 4.78 is 4.61. The van der Waals surface area contributed by atoms with Crippen molar-refractivity contribution in [1.29, 1.82) is 0 Å². The van der Waals surface area contributed by atoms with E-state index in [2.05, 4.69) is 24.7 Å². The zero-order chi connectivity index (χ0) is 18.8. The number of ether oxygens (including phenoxy) is 1. The van der Waals surface area contributed by atoms with Crippen molar-refractivity contribution in [3.63, 3.8) is 0 Å². The van der Waals surface area contributed by atoms with Crippen molar-refractivity contribution in [3.05, 3.63) is 50.6 Å². The normalized spacial score (nSPS) is 10.7. The lowest BCUT2D eigenvalue weighted by Gasteiger charge is -2.08. The lowest BCUT2D eigenvalue weighted by molar-refractivity contribution is -0.396. The fourth-order valence-electron chi connectivity index (χ4n) is 2.13. The number of carbonyl (C=O) groups is 1. The highest BCUT2D eigenvalue weighted by Gasteiger charge is 2.29. The van der Waals surface area contributed by atoms with Crippen molar-refractivity contribution >= 4 is 40.3 Å². The lowest BCUT2D eigenvalue weighted by atomic mass is 10.1. The number of benzene rings is 1. The molecule has 1 N–H and O–H groups in total. The molecule has 1 aromatic carbocycles. The Morgan fingerprint density at radius 1 is 1.19 bits per heavy atom. The maximum atomic E-state index is 12.1. The number of aromatic amines is 1. The van der Waals surface area contributed by atoms with Gasteiger partial charge in [0.2, 0.25) is 0 Å². The number of H-pyrrole nitrogens is 1. The Balaban J connectivity index is 2.24. The first-order valence-corrected chi connectivity index (χ1v) is 7.61. The van der Waals surface area contributed by atoms with Crippen molar-refractivity contribution in [2.75, 3.05) is 7.11 Å². The number of fused-ring (bicyclic) bond motifs is 1. The van der Waals surface area contributed by atoms with Gasteiger partial charge in [-0.25, -0.2) is 19.7 Å². The van der Waals surface area contributed by atoms with Crippen LogP contribution in [-0.2, 0) is 4.74 Å². The third-order valence-electron chi connectivity index (χ3n) is 3.25. The third kappa shape index (κ3) is 3.02. The number of rotatable bonds is 5. The Morgan fingerprint density at radius 2 is 1.96 bits per heavy atom. The summed E-state index contributed by atoms with van der Waals surface area (Å²) in [4.78, 5) is 47.5. The van der Waals surface area contributed by atoms with Gasteiger partial charge in [-0.05, 0) is 0 Å². The van der Waals surface area contributed by atoms with E-state index in [1.165, 1.54) is 12.7 Å². The topological polar surface area (TPSA) is 167 Å². The fourth-order valence-corrected chi connectivity index (χ4v) is 3.16. The van der Waals surface area contributed by atoms with E-state index in [1.54, 1.807) is 0 Å². The molecule has 0 fully saturated rings. The molecular weight excluding hydrogens is 368 g/mol. The standard InChI is InChI=1S/C13H8N6O6S/c1-25-13(20)7-2-6(18(21)22)3-8(19(23)24)10(7)26-12-9-11(15-4-14-9)16-5-17-12/h2-5H,1H3,(H,14,15,16,17). The second kappa shape index (κ2) is 6.72. The lowest BCUT2D eigenvalue weighted by Crippen LogP contribution is -2.07. The fraction of sp³-hybridized carbons (Fsp3) is 0.0769. The summed E-state index contributed by atoms with van der Waals surface area (Å²) >= 11 is 0.780. The second-order valence-corrected chi connectivity index (χ2v) is 5.73. The number of esters is 1. The SMILES string of the molecule is COC(=O)c1cc([N+](=O)[O-])cc([N+](=O)[O-])c1Sc1ncnc2nc[nH]c12. The Kier molecular flexibility index (Phi) is 4.45. The van der Waals surface area contributed by atoms with Gasteiger partial charge >= 0.3 is 5.97 Å². The third-order valence-corrected chi connectivity index (χ3v) is 4.39. The van der Waals surface area contributed by atoms with Gasteiger partial charge in [0.15, 0.2) is 5.65 Å². The van der Waals surface area contributed by atoms with Crippen molar-refractivity contribution in [2.45, 2.75) is 9.92 Å². The van der Waals surface area contributed by atoms with E-state index < -0.39 is 27.2 Å². The van der Waals surface area contributed by atoms with Crippen molar-refractivity contribution in [3.8, 4) is 0 Å². The molecule has 26 heavy (non-hydrogen) atoms. The number of nitrogens with zero attached hydrogens (tertiary/aromatic N) is 5. The number of carbonyl (C=O) groups excluding carboxylic acids is 1. The van der Waals surface area contributed by atoms with Gasteiger partial charge in [-0.1, -0.05) is 11.8 Å². The zero-order valence-electron chi connectivity index (χ0n) is 12.9. The first-order chi connectivity index (χ1) is 12.4. The van der Waals surface area contributed by atoms with Gasteiger partial charge in [0, 0.05) is 6.07 Å². The molecule has 3 aromatic rings. The van der Waals surface area contributed by atoms with E-state index in [0.29, 0.717) is 11.2 Å². The molecule has 0 saturated carbocycles. The summed E-state index contributed by atoms with van der Waals surface area (Å²) in [6.45, 7) is 0. The summed E-state index contributed by atoms with van der Waals surface area (Å²) in [6.07, 6.45) is 2.58. The van der Waals surface area contributed by atoms with E-state index >= 15 is 0 Å². The molecule has 13 heteroatoms. The highest BCUT2D eigenvalue weighted by Crippen LogP contribution is 2.41. The maximum Gasteiger partial charge on any atom is 0.339 e. The minimum absolute atomic E-state index is 0.137. The predicted octanol–water partition coefficient (Wildman–Crippen LogP) is 2.11. The number of hydrogen-bond donors (Lipinski definition) is 1.